The highest BCUT2D eigenvalue weighted by molar-refractivity contribution is 5.75. The first-order valence-corrected chi connectivity index (χ1v) is 11.0. The lowest BCUT2D eigenvalue weighted by Gasteiger charge is -2.18. The molecule has 4 aromatic rings. The van der Waals surface area contributed by atoms with Gasteiger partial charge in [-0.1, -0.05) is 24.3 Å². The van der Waals surface area contributed by atoms with Gasteiger partial charge in [-0.15, -0.1) is 0 Å². The van der Waals surface area contributed by atoms with Gasteiger partial charge in [-0.05, 0) is 48.2 Å². The standard InChI is InChI=1S/C25H24F2N4O4/c1-29-23-22(24(33)30(2)25(29)34)31(15-28-23)14-21(32)35-13-3-4-20(16-5-9-18(26)10-6-16)17-7-11-19(27)12-8-17/h5-12,15,20H,3-4,13-14H2,1-2H3. The molecule has 0 N–H and O–H groups in total. The van der Waals surface area contributed by atoms with E-state index in [1.165, 1.54) is 53.8 Å². The number of nitrogens with zero attached hydrogens (tertiary/aromatic N) is 4. The molecule has 4 rings (SSSR count). The number of benzene rings is 2. The van der Waals surface area contributed by atoms with Crippen molar-refractivity contribution in [1.29, 1.82) is 0 Å². The molecule has 0 saturated heterocycles. The number of fused-ring (bicyclic) bond motifs is 1. The van der Waals surface area contributed by atoms with Gasteiger partial charge in [-0.3, -0.25) is 18.7 Å². The summed E-state index contributed by atoms with van der Waals surface area (Å²) >= 11 is 0. The zero-order chi connectivity index (χ0) is 25.1. The number of carbonyl (C=O) groups excluding carboxylic acids is 1. The molecule has 8 nitrogen and oxygen atoms in total. The highest BCUT2D eigenvalue weighted by Gasteiger charge is 2.18. The summed E-state index contributed by atoms with van der Waals surface area (Å²) in [6.07, 6.45) is 2.42. The normalized spacial score (nSPS) is 11.3. The van der Waals surface area contributed by atoms with Crippen molar-refractivity contribution in [1.82, 2.24) is 18.7 Å². The molecule has 2 aromatic carbocycles. The zero-order valence-corrected chi connectivity index (χ0v) is 19.3. The maximum Gasteiger partial charge on any atom is 0.332 e. The van der Waals surface area contributed by atoms with Crippen molar-refractivity contribution < 1.29 is 18.3 Å². The smallest absolute Gasteiger partial charge is 0.332 e. The van der Waals surface area contributed by atoms with Gasteiger partial charge in [0.25, 0.3) is 5.56 Å². The molecule has 0 aliphatic rings. The highest BCUT2D eigenvalue weighted by atomic mass is 19.1. The molecule has 0 fully saturated rings. The number of rotatable bonds is 8. The van der Waals surface area contributed by atoms with Crippen molar-refractivity contribution >= 4 is 17.1 Å². The monoisotopic (exact) mass is 482 g/mol. The third kappa shape index (κ3) is 5.06. The van der Waals surface area contributed by atoms with Gasteiger partial charge in [-0.25, -0.2) is 18.6 Å². The van der Waals surface area contributed by atoms with Gasteiger partial charge in [0.1, 0.15) is 18.2 Å². The van der Waals surface area contributed by atoms with E-state index in [0.29, 0.717) is 12.8 Å². The molecule has 182 valence electrons. The minimum absolute atomic E-state index is 0.126. The summed E-state index contributed by atoms with van der Waals surface area (Å²) in [7, 11) is 2.86. The van der Waals surface area contributed by atoms with Crippen molar-refractivity contribution in [3.63, 3.8) is 0 Å². The van der Waals surface area contributed by atoms with Crippen molar-refractivity contribution in [3.8, 4) is 0 Å². The van der Waals surface area contributed by atoms with Gasteiger partial charge in [-0.2, -0.15) is 0 Å². The van der Waals surface area contributed by atoms with Crippen LogP contribution in [0.4, 0.5) is 8.78 Å². The third-order valence-corrected chi connectivity index (χ3v) is 5.96. The molecule has 2 aromatic heterocycles. The summed E-state index contributed by atoms with van der Waals surface area (Å²) in [4.78, 5) is 41.1. The van der Waals surface area contributed by atoms with Crippen LogP contribution in [0.2, 0.25) is 0 Å². The van der Waals surface area contributed by atoms with Crippen LogP contribution >= 0.6 is 0 Å². The van der Waals surface area contributed by atoms with E-state index >= 15 is 0 Å². The van der Waals surface area contributed by atoms with Crippen LogP contribution in [0, 0.1) is 11.6 Å². The number of aryl methyl sites for hydroxylation is 1. The summed E-state index contributed by atoms with van der Waals surface area (Å²) < 4.78 is 35.7. The van der Waals surface area contributed by atoms with Gasteiger partial charge in [0.2, 0.25) is 0 Å². The zero-order valence-electron chi connectivity index (χ0n) is 19.3. The molecule has 10 heteroatoms. The van der Waals surface area contributed by atoms with Crippen LogP contribution in [-0.4, -0.2) is 31.3 Å². The summed E-state index contributed by atoms with van der Waals surface area (Å²) in [5.41, 5.74) is 1.01. The molecule has 0 spiro atoms. The van der Waals surface area contributed by atoms with Crippen LogP contribution in [0.1, 0.15) is 29.9 Å². The number of aromatic nitrogens is 4. The maximum atomic E-state index is 13.4. The first-order chi connectivity index (χ1) is 16.8. The molecule has 35 heavy (non-hydrogen) atoms. The van der Waals surface area contributed by atoms with Crippen molar-refractivity contribution in [2.24, 2.45) is 14.1 Å². The SMILES string of the molecule is Cn1c(=O)c2c(ncn2CC(=O)OCCCC(c2ccc(F)cc2)c2ccc(F)cc2)n(C)c1=O. The Morgan fingerprint density at radius 2 is 1.51 bits per heavy atom. The van der Waals surface area contributed by atoms with Crippen molar-refractivity contribution in [2.75, 3.05) is 6.61 Å². The fourth-order valence-corrected chi connectivity index (χ4v) is 4.09. The minimum Gasteiger partial charge on any atom is -0.464 e. The van der Waals surface area contributed by atoms with Crippen LogP contribution in [0.5, 0.6) is 0 Å². The summed E-state index contributed by atoms with van der Waals surface area (Å²) in [6, 6.07) is 12.3. The second-order valence-corrected chi connectivity index (χ2v) is 8.27. The third-order valence-electron chi connectivity index (χ3n) is 5.96. The summed E-state index contributed by atoms with van der Waals surface area (Å²) in [5, 5.41) is 0. The molecule has 0 bridgehead atoms. The number of hydrogen-bond acceptors (Lipinski definition) is 5. The van der Waals surface area contributed by atoms with Crippen LogP contribution in [0.25, 0.3) is 11.2 Å². The van der Waals surface area contributed by atoms with E-state index < -0.39 is 17.2 Å². The minimum atomic E-state index is -0.555. The fourth-order valence-electron chi connectivity index (χ4n) is 4.09. The van der Waals surface area contributed by atoms with Crippen LogP contribution < -0.4 is 11.2 Å². The Bertz CT molecular complexity index is 1430. The summed E-state index contributed by atoms with van der Waals surface area (Å²) in [6.45, 7) is -0.107. The lowest BCUT2D eigenvalue weighted by molar-refractivity contribution is -0.144. The van der Waals surface area contributed by atoms with E-state index in [4.69, 9.17) is 4.74 Å². The average molecular weight is 482 g/mol. The molecule has 2 heterocycles. The van der Waals surface area contributed by atoms with Gasteiger partial charge in [0, 0.05) is 20.0 Å². The van der Waals surface area contributed by atoms with E-state index in [0.717, 1.165) is 15.7 Å². The van der Waals surface area contributed by atoms with E-state index in [9.17, 15) is 23.2 Å². The van der Waals surface area contributed by atoms with Crippen molar-refractivity contribution in [3.05, 3.63) is 98.5 Å². The van der Waals surface area contributed by atoms with E-state index in [1.807, 2.05) is 0 Å². The number of halogens is 2. The number of ether oxygens (including phenoxy) is 1. The Labute approximate surface area is 199 Å². The molecular formula is C25H24F2N4O4. The predicted molar refractivity (Wildman–Crippen MR) is 125 cm³/mol. The second kappa shape index (κ2) is 10.0. The largest absolute Gasteiger partial charge is 0.464 e. The number of esters is 1. The van der Waals surface area contributed by atoms with Gasteiger partial charge >= 0.3 is 11.7 Å². The first kappa shape index (κ1) is 24.1. The Morgan fingerprint density at radius 3 is 2.09 bits per heavy atom. The van der Waals surface area contributed by atoms with E-state index in [-0.39, 0.29) is 41.9 Å². The topological polar surface area (TPSA) is 88.1 Å². The molecule has 0 saturated carbocycles. The Balaban J connectivity index is 1.41. The maximum absolute atomic E-state index is 13.4. The highest BCUT2D eigenvalue weighted by Crippen LogP contribution is 2.29. The molecule has 0 atom stereocenters. The number of carbonyl (C=O) groups is 1. The van der Waals surface area contributed by atoms with E-state index in [2.05, 4.69) is 4.98 Å². The predicted octanol–water partition coefficient (Wildman–Crippen LogP) is 2.87. The second-order valence-electron chi connectivity index (χ2n) is 8.27. The Hall–Kier alpha value is -4.08. The van der Waals surface area contributed by atoms with E-state index in [1.54, 1.807) is 24.3 Å². The van der Waals surface area contributed by atoms with Crippen LogP contribution in [0.3, 0.4) is 0 Å². The Kier molecular flexibility index (Phi) is 6.90. The molecule has 0 aliphatic heterocycles. The molecule has 0 aliphatic carbocycles. The van der Waals surface area contributed by atoms with Gasteiger partial charge in [0.05, 0.1) is 12.9 Å². The lowest BCUT2D eigenvalue weighted by Crippen LogP contribution is -2.37. The number of imidazole rings is 1. The molecular weight excluding hydrogens is 458 g/mol. The first-order valence-electron chi connectivity index (χ1n) is 11.0. The van der Waals surface area contributed by atoms with Crippen LogP contribution in [-0.2, 0) is 30.2 Å². The van der Waals surface area contributed by atoms with Crippen LogP contribution in [0.15, 0.2) is 64.4 Å². The number of hydrogen-bond donors (Lipinski definition) is 0. The molecule has 0 unspecified atom stereocenters. The molecule has 0 amide bonds. The quantitative estimate of drug-likeness (QED) is 0.285. The average Bonchev–Trinajstić information content (AvgIpc) is 3.26. The van der Waals surface area contributed by atoms with Gasteiger partial charge < -0.3 is 9.30 Å². The van der Waals surface area contributed by atoms with Crippen molar-refractivity contribution in [2.45, 2.75) is 25.3 Å². The Morgan fingerprint density at radius 1 is 0.943 bits per heavy atom. The summed E-state index contributed by atoms with van der Waals surface area (Å²) in [5.74, 6) is -1.37. The van der Waals surface area contributed by atoms with Gasteiger partial charge in [0.15, 0.2) is 11.2 Å². The lowest BCUT2D eigenvalue weighted by atomic mass is 9.87. The fraction of sp³-hybridized carbons (Fsp3) is 0.280. The molecule has 0 radical (unpaired) electrons.